The van der Waals surface area contributed by atoms with Crippen molar-refractivity contribution in [2.45, 2.75) is 12.5 Å². The van der Waals surface area contributed by atoms with Gasteiger partial charge in [0.15, 0.2) is 0 Å². The Kier molecular flexibility index (Phi) is 4.57. The summed E-state index contributed by atoms with van der Waals surface area (Å²) in [5, 5.41) is 5.50. The van der Waals surface area contributed by atoms with E-state index in [0.717, 1.165) is 0 Å². The fourth-order valence-corrected chi connectivity index (χ4v) is 2.49. The molecule has 0 fully saturated rings. The van der Waals surface area contributed by atoms with Crippen LogP contribution in [0.5, 0.6) is 0 Å². The number of hydrogen-bond acceptors (Lipinski definition) is 3. The molecule has 0 bridgehead atoms. The van der Waals surface area contributed by atoms with E-state index in [2.05, 4.69) is 15.6 Å². The van der Waals surface area contributed by atoms with Gasteiger partial charge in [-0.2, -0.15) is 0 Å². The van der Waals surface area contributed by atoms with Crippen LogP contribution in [0.1, 0.15) is 28.4 Å². The molecule has 1 unspecified atom stereocenters. The van der Waals surface area contributed by atoms with Gasteiger partial charge < -0.3 is 0 Å². The Hall–Kier alpha value is -2.73. The number of carbonyl (C=O) groups is 2. The van der Waals surface area contributed by atoms with E-state index in [1.807, 2.05) is 0 Å². The molecule has 1 heterocycles. The molecule has 2 aromatic rings. The molecule has 1 atom stereocenters. The predicted molar refractivity (Wildman–Crippen MR) is 88.3 cm³/mol. The number of aliphatic imine (C=N–C) groups is 1. The maximum atomic E-state index is 13.9. The third-order valence-corrected chi connectivity index (χ3v) is 3.78. The van der Waals surface area contributed by atoms with Crippen molar-refractivity contribution in [3.05, 3.63) is 70.5 Å². The number of benzene rings is 2. The molecule has 1 aliphatic rings. The highest BCUT2D eigenvalue weighted by Crippen LogP contribution is 2.25. The lowest BCUT2D eigenvalue weighted by molar-refractivity contribution is -0.120. The van der Waals surface area contributed by atoms with Crippen molar-refractivity contribution in [2.24, 2.45) is 4.99 Å². The van der Waals surface area contributed by atoms with Gasteiger partial charge in [0.1, 0.15) is 5.82 Å². The minimum atomic E-state index is -0.680. The highest BCUT2D eigenvalue weighted by Gasteiger charge is 2.25. The molecule has 24 heavy (non-hydrogen) atoms. The van der Waals surface area contributed by atoms with Gasteiger partial charge in [0.05, 0.1) is 12.5 Å². The molecule has 0 saturated carbocycles. The molecule has 2 amide bonds. The second-order valence-corrected chi connectivity index (χ2v) is 5.66. The number of carbonyl (C=O) groups excluding carboxylic acids is 2. The van der Waals surface area contributed by atoms with E-state index < -0.39 is 17.8 Å². The molecular weight excluding hydrogens is 333 g/mol. The molecule has 0 aliphatic carbocycles. The third-order valence-electron chi connectivity index (χ3n) is 3.52. The highest BCUT2D eigenvalue weighted by molar-refractivity contribution is 6.30. The summed E-state index contributed by atoms with van der Waals surface area (Å²) in [7, 11) is 0. The highest BCUT2D eigenvalue weighted by atomic mass is 35.5. The first kappa shape index (κ1) is 16.1. The summed E-state index contributed by atoms with van der Waals surface area (Å²) in [5.41, 5.74) is 0.676. The molecule has 5 nitrogen and oxygen atoms in total. The van der Waals surface area contributed by atoms with Gasteiger partial charge in [0.25, 0.3) is 5.91 Å². The van der Waals surface area contributed by atoms with Gasteiger partial charge in [-0.1, -0.05) is 29.8 Å². The molecule has 0 saturated heterocycles. The lowest BCUT2D eigenvalue weighted by Gasteiger charge is -2.21. The third kappa shape index (κ3) is 3.60. The van der Waals surface area contributed by atoms with Crippen LogP contribution in [0.2, 0.25) is 5.02 Å². The van der Waals surface area contributed by atoms with E-state index in [1.54, 1.807) is 42.5 Å². The normalized spacial score (nSPS) is 17.0. The van der Waals surface area contributed by atoms with Crippen LogP contribution in [-0.2, 0) is 4.79 Å². The average molecular weight is 346 g/mol. The Labute approximate surface area is 142 Å². The summed E-state index contributed by atoms with van der Waals surface area (Å²) in [5.74, 6) is -1.23. The molecule has 1 aliphatic heterocycles. The number of hydrogen-bond donors (Lipinski definition) is 2. The van der Waals surface area contributed by atoms with E-state index in [1.165, 1.54) is 6.07 Å². The predicted octanol–water partition coefficient (Wildman–Crippen LogP) is 2.83. The molecule has 0 radical (unpaired) electrons. The van der Waals surface area contributed by atoms with Gasteiger partial charge in [0, 0.05) is 16.1 Å². The van der Waals surface area contributed by atoms with Gasteiger partial charge >= 0.3 is 0 Å². The quantitative estimate of drug-likeness (QED) is 0.878. The maximum absolute atomic E-state index is 13.9. The molecule has 3 rings (SSSR count). The number of nitrogens with zero attached hydrogens (tertiary/aromatic N) is 1. The average Bonchev–Trinajstić information content (AvgIpc) is 2.55. The van der Waals surface area contributed by atoms with Gasteiger partial charge in [-0.05, 0) is 30.3 Å². The van der Waals surface area contributed by atoms with Crippen molar-refractivity contribution in [1.82, 2.24) is 10.6 Å². The summed E-state index contributed by atoms with van der Waals surface area (Å²) in [6, 6.07) is 11.7. The van der Waals surface area contributed by atoms with Gasteiger partial charge in [-0.15, -0.1) is 0 Å². The van der Waals surface area contributed by atoms with Gasteiger partial charge in [-0.25, -0.2) is 9.38 Å². The van der Waals surface area contributed by atoms with Crippen LogP contribution in [-0.4, -0.2) is 17.8 Å². The van der Waals surface area contributed by atoms with E-state index in [9.17, 15) is 14.0 Å². The minimum absolute atomic E-state index is 0.000506. The smallest absolute Gasteiger partial charge is 0.257 e. The first-order chi connectivity index (χ1) is 11.5. The van der Waals surface area contributed by atoms with E-state index in [4.69, 9.17) is 11.6 Å². The SMILES string of the molecule is O=C1CC(c2ccccc2F)N=C(NC(=O)c2ccc(Cl)cc2)N1. The first-order valence-electron chi connectivity index (χ1n) is 7.22. The summed E-state index contributed by atoms with van der Waals surface area (Å²) >= 11 is 5.78. The summed E-state index contributed by atoms with van der Waals surface area (Å²) in [6.07, 6.45) is 0.0151. The number of amides is 2. The van der Waals surface area contributed by atoms with Crippen LogP contribution in [0, 0.1) is 5.82 Å². The van der Waals surface area contributed by atoms with Crippen molar-refractivity contribution in [1.29, 1.82) is 0 Å². The van der Waals surface area contributed by atoms with Crippen LogP contribution < -0.4 is 10.6 Å². The van der Waals surface area contributed by atoms with Gasteiger partial charge in [-0.3, -0.25) is 20.2 Å². The van der Waals surface area contributed by atoms with Crippen molar-refractivity contribution < 1.29 is 14.0 Å². The lowest BCUT2D eigenvalue weighted by atomic mass is 10.0. The second kappa shape index (κ2) is 6.80. The topological polar surface area (TPSA) is 70.6 Å². The van der Waals surface area contributed by atoms with E-state index in [-0.39, 0.29) is 18.3 Å². The van der Waals surface area contributed by atoms with Gasteiger partial charge in [0.2, 0.25) is 11.9 Å². The van der Waals surface area contributed by atoms with Crippen molar-refractivity contribution >= 4 is 29.4 Å². The summed E-state index contributed by atoms with van der Waals surface area (Å²) in [6.45, 7) is 0. The zero-order valence-electron chi connectivity index (χ0n) is 12.4. The molecule has 0 aromatic heterocycles. The molecule has 122 valence electrons. The van der Waals surface area contributed by atoms with Crippen molar-refractivity contribution in [3.8, 4) is 0 Å². The van der Waals surface area contributed by atoms with Crippen LogP contribution in [0.15, 0.2) is 53.5 Å². The summed E-state index contributed by atoms with van der Waals surface area (Å²) in [4.78, 5) is 28.3. The lowest BCUT2D eigenvalue weighted by Crippen LogP contribution is -2.47. The number of guanidine groups is 1. The molecule has 0 spiro atoms. The number of halogens is 2. The Morgan fingerprint density at radius 1 is 1.21 bits per heavy atom. The van der Waals surface area contributed by atoms with Crippen LogP contribution in [0.4, 0.5) is 4.39 Å². The van der Waals surface area contributed by atoms with Crippen molar-refractivity contribution in [2.75, 3.05) is 0 Å². The first-order valence-corrected chi connectivity index (χ1v) is 7.60. The fraction of sp³-hybridized carbons (Fsp3) is 0.118. The zero-order chi connectivity index (χ0) is 17.1. The second-order valence-electron chi connectivity index (χ2n) is 5.23. The van der Waals surface area contributed by atoms with Crippen molar-refractivity contribution in [3.63, 3.8) is 0 Å². The zero-order valence-corrected chi connectivity index (χ0v) is 13.2. The summed E-state index contributed by atoms with van der Waals surface area (Å²) < 4.78 is 13.9. The molecule has 7 heteroatoms. The molecular formula is C17H13ClFN3O2. The standard InChI is InChI=1S/C17H13ClFN3O2/c18-11-7-5-10(6-8-11)16(24)22-17-20-14(9-15(23)21-17)12-3-1-2-4-13(12)19/h1-8,14H,9H2,(H2,20,21,22,23,24). The Bertz CT molecular complexity index is 821. The maximum Gasteiger partial charge on any atom is 0.257 e. The minimum Gasteiger partial charge on any atom is -0.296 e. The largest absolute Gasteiger partial charge is 0.296 e. The van der Waals surface area contributed by atoms with E-state index in [0.29, 0.717) is 16.1 Å². The number of nitrogens with one attached hydrogen (secondary N) is 2. The Morgan fingerprint density at radius 3 is 2.62 bits per heavy atom. The molecule has 2 aromatic carbocycles. The molecule has 2 N–H and O–H groups in total. The number of rotatable bonds is 2. The Balaban J connectivity index is 1.81. The van der Waals surface area contributed by atoms with Crippen LogP contribution in [0.25, 0.3) is 0 Å². The monoisotopic (exact) mass is 345 g/mol. The van der Waals surface area contributed by atoms with Crippen LogP contribution >= 0.6 is 11.6 Å². The van der Waals surface area contributed by atoms with E-state index >= 15 is 0 Å². The Morgan fingerprint density at radius 2 is 1.92 bits per heavy atom. The van der Waals surface area contributed by atoms with Crippen LogP contribution in [0.3, 0.4) is 0 Å². The fourth-order valence-electron chi connectivity index (χ4n) is 2.36.